The molecule has 8 heteroatoms. The van der Waals surface area contributed by atoms with Crippen LogP contribution in [0.2, 0.25) is 0 Å². The summed E-state index contributed by atoms with van der Waals surface area (Å²) in [6.45, 7) is 6.92. The van der Waals surface area contributed by atoms with E-state index in [0.717, 1.165) is 37.8 Å². The lowest BCUT2D eigenvalue weighted by Crippen LogP contribution is -2.58. The van der Waals surface area contributed by atoms with Crippen LogP contribution in [0.3, 0.4) is 0 Å². The Morgan fingerprint density at radius 3 is 2.06 bits per heavy atom. The highest BCUT2D eigenvalue weighted by molar-refractivity contribution is 6.14. The number of halogens is 3. The van der Waals surface area contributed by atoms with Crippen LogP contribution in [0.1, 0.15) is 38.8 Å². The summed E-state index contributed by atoms with van der Waals surface area (Å²) in [6, 6.07) is 7.29. The molecular formula is C24H26F3NO4. The molecule has 4 atom stereocenters. The van der Waals surface area contributed by atoms with E-state index >= 15 is 0 Å². The number of ether oxygens (including phenoxy) is 1. The molecule has 4 unspecified atom stereocenters. The number of rotatable bonds is 6. The van der Waals surface area contributed by atoms with E-state index in [1.54, 1.807) is 12.1 Å². The van der Waals surface area contributed by atoms with Crippen molar-refractivity contribution in [3.63, 3.8) is 0 Å². The first kappa shape index (κ1) is 25.3. The number of Topliss-reactive ketones (excluding diaryl/α,β-unsaturated/α-hetero) is 1. The highest BCUT2D eigenvalue weighted by atomic mass is 19.4. The monoisotopic (exact) mass is 449 g/mol. The van der Waals surface area contributed by atoms with Crippen molar-refractivity contribution >= 4 is 11.8 Å². The van der Waals surface area contributed by atoms with Crippen molar-refractivity contribution in [2.75, 3.05) is 7.11 Å². The lowest BCUT2D eigenvalue weighted by molar-refractivity contribution is -0.249. The van der Waals surface area contributed by atoms with Gasteiger partial charge in [0.15, 0.2) is 5.78 Å². The largest absolute Gasteiger partial charge is 0.479 e. The smallest absolute Gasteiger partial charge is 0.401 e. The second-order valence-corrected chi connectivity index (χ2v) is 8.89. The van der Waals surface area contributed by atoms with Crippen molar-refractivity contribution in [2.45, 2.75) is 50.8 Å². The summed E-state index contributed by atoms with van der Waals surface area (Å²) in [4.78, 5) is 25.9. The van der Waals surface area contributed by atoms with Crippen molar-refractivity contribution < 1.29 is 32.6 Å². The molecule has 2 rings (SSSR count). The number of ketones is 1. The van der Waals surface area contributed by atoms with Crippen molar-refractivity contribution in [3.8, 4) is 6.07 Å². The van der Waals surface area contributed by atoms with Crippen molar-refractivity contribution in [2.24, 2.45) is 11.3 Å². The molecule has 0 heterocycles. The van der Waals surface area contributed by atoms with Gasteiger partial charge in [0.2, 0.25) is 5.41 Å². The maximum atomic E-state index is 14.4. The SMILES string of the molecule is COC(C)C1(C(F)(F)F)C=CC=CC1C(=O)C(C#N)(C(=O)O)c1ccc(C(C)(C)C)cc1. The van der Waals surface area contributed by atoms with Crippen LogP contribution in [0.5, 0.6) is 0 Å². The predicted molar refractivity (Wildman–Crippen MR) is 112 cm³/mol. The average molecular weight is 449 g/mol. The summed E-state index contributed by atoms with van der Waals surface area (Å²) in [7, 11) is 1.08. The number of carbonyl (C=O) groups is 2. The zero-order valence-corrected chi connectivity index (χ0v) is 18.5. The Bertz CT molecular complexity index is 982. The fourth-order valence-electron chi connectivity index (χ4n) is 4.03. The summed E-state index contributed by atoms with van der Waals surface area (Å²) in [5.74, 6) is -5.20. The van der Waals surface area contributed by atoms with E-state index in [0.29, 0.717) is 0 Å². The number of benzene rings is 1. The number of hydrogen-bond donors (Lipinski definition) is 1. The fraction of sp³-hybridized carbons (Fsp3) is 0.458. The Kier molecular flexibility index (Phi) is 6.77. The number of carbonyl (C=O) groups excluding carboxylic acids is 1. The van der Waals surface area contributed by atoms with Crippen LogP contribution >= 0.6 is 0 Å². The van der Waals surface area contributed by atoms with Crippen molar-refractivity contribution in [1.82, 2.24) is 0 Å². The van der Waals surface area contributed by atoms with Gasteiger partial charge in [0.25, 0.3) is 0 Å². The molecule has 0 fully saturated rings. The molecule has 0 spiro atoms. The molecule has 0 aliphatic heterocycles. The Balaban J connectivity index is 2.75. The Hall–Kier alpha value is -2.92. The van der Waals surface area contributed by atoms with E-state index in [9.17, 15) is 33.1 Å². The molecule has 1 N–H and O–H groups in total. The van der Waals surface area contributed by atoms with Gasteiger partial charge in [0.05, 0.1) is 18.1 Å². The van der Waals surface area contributed by atoms with E-state index < -0.39 is 40.8 Å². The Morgan fingerprint density at radius 2 is 1.66 bits per heavy atom. The highest BCUT2D eigenvalue weighted by Crippen LogP contribution is 2.53. The minimum atomic E-state index is -4.96. The van der Waals surface area contributed by atoms with Crippen molar-refractivity contribution in [3.05, 3.63) is 59.7 Å². The number of aliphatic carboxylic acids is 1. The molecule has 5 nitrogen and oxygen atoms in total. The first-order chi connectivity index (χ1) is 14.7. The number of allylic oxidation sites excluding steroid dienone is 3. The summed E-state index contributed by atoms with van der Waals surface area (Å²) in [6.07, 6.45) is -2.31. The molecular weight excluding hydrogens is 423 g/mol. The molecule has 0 amide bonds. The maximum Gasteiger partial charge on any atom is 0.401 e. The van der Waals surface area contributed by atoms with Gasteiger partial charge in [-0.05, 0) is 23.5 Å². The van der Waals surface area contributed by atoms with Gasteiger partial charge in [0, 0.05) is 7.11 Å². The standard InChI is InChI=1S/C24H26F3NO4/c1-15(32-5)23(24(25,26)27)13-7-6-8-18(23)19(29)22(14-28,20(30)31)17-11-9-16(10-12-17)21(2,3)4/h6-13,15,18H,1-5H3,(H,30,31). The number of carboxylic acid groups (broad SMARTS) is 1. The van der Waals surface area contributed by atoms with Gasteiger partial charge >= 0.3 is 12.1 Å². The number of nitriles is 1. The number of nitrogens with zero attached hydrogens (tertiary/aromatic N) is 1. The first-order valence-electron chi connectivity index (χ1n) is 9.95. The fourth-order valence-corrected chi connectivity index (χ4v) is 4.03. The molecule has 32 heavy (non-hydrogen) atoms. The summed E-state index contributed by atoms with van der Waals surface area (Å²) < 4.78 is 48.1. The summed E-state index contributed by atoms with van der Waals surface area (Å²) >= 11 is 0. The third-order valence-corrected chi connectivity index (χ3v) is 6.14. The molecule has 0 radical (unpaired) electrons. The van der Waals surface area contributed by atoms with E-state index in [2.05, 4.69) is 0 Å². The van der Waals surface area contributed by atoms with Crippen LogP contribution in [0.15, 0.2) is 48.6 Å². The molecule has 0 aromatic heterocycles. The van der Waals surface area contributed by atoms with E-state index in [4.69, 9.17) is 4.74 Å². The summed E-state index contributed by atoms with van der Waals surface area (Å²) in [5.41, 5.74) is -5.35. The molecule has 0 bridgehead atoms. The quantitative estimate of drug-likeness (QED) is 0.635. The Morgan fingerprint density at radius 1 is 1.12 bits per heavy atom. The van der Waals surface area contributed by atoms with Gasteiger partial charge in [0.1, 0.15) is 5.41 Å². The summed E-state index contributed by atoms with van der Waals surface area (Å²) in [5, 5.41) is 19.9. The molecule has 0 saturated heterocycles. The van der Waals surface area contributed by atoms with Crippen LogP contribution in [0.25, 0.3) is 0 Å². The number of methoxy groups -OCH3 is 1. The second-order valence-electron chi connectivity index (χ2n) is 8.89. The predicted octanol–water partition coefficient (Wildman–Crippen LogP) is 4.72. The minimum Gasteiger partial charge on any atom is -0.479 e. The van der Waals surface area contributed by atoms with Gasteiger partial charge in [-0.25, -0.2) is 4.79 Å². The topological polar surface area (TPSA) is 87.4 Å². The van der Waals surface area contributed by atoms with Crippen LogP contribution < -0.4 is 0 Å². The van der Waals surface area contributed by atoms with Crippen LogP contribution in [-0.2, 0) is 25.2 Å². The molecule has 1 aromatic carbocycles. The Labute approximate surface area is 185 Å². The van der Waals surface area contributed by atoms with Gasteiger partial charge in [-0.3, -0.25) is 4.79 Å². The van der Waals surface area contributed by atoms with Gasteiger partial charge in [-0.2, -0.15) is 18.4 Å². The molecule has 172 valence electrons. The maximum absolute atomic E-state index is 14.4. The molecule has 0 saturated carbocycles. The normalized spacial score (nSPS) is 23.8. The third-order valence-electron chi connectivity index (χ3n) is 6.14. The van der Waals surface area contributed by atoms with Gasteiger partial charge < -0.3 is 9.84 Å². The highest BCUT2D eigenvalue weighted by Gasteiger charge is 2.66. The van der Waals surface area contributed by atoms with Crippen molar-refractivity contribution in [1.29, 1.82) is 5.26 Å². The lowest BCUT2D eigenvalue weighted by atomic mass is 9.61. The zero-order chi connectivity index (χ0) is 24.5. The number of hydrogen-bond acceptors (Lipinski definition) is 4. The first-order valence-corrected chi connectivity index (χ1v) is 9.95. The third kappa shape index (κ3) is 3.86. The van der Waals surface area contributed by atoms with E-state index in [1.807, 2.05) is 20.8 Å². The van der Waals surface area contributed by atoms with Crippen LogP contribution in [0.4, 0.5) is 13.2 Å². The molecule has 1 aromatic rings. The average Bonchev–Trinajstić information content (AvgIpc) is 2.72. The molecule has 1 aliphatic carbocycles. The van der Waals surface area contributed by atoms with E-state index in [-0.39, 0.29) is 11.0 Å². The van der Waals surface area contributed by atoms with Crippen LogP contribution in [0, 0.1) is 22.7 Å². The molecule has 1 aliphatic rings. The van der Waals surface area contributed by atoms with Gasteiger partial charge in [-0.1, -0.05) is 69.3 Å². The second kappa shape index (κ2) is 8.55. The van der Waals surface area contributed by atoms with Crippen LogP contribution in [-0.4, -0.2) is 36.2 Å². The number of carboxylic acids is 1. The van der Waals surface area contributed by atoms with E-state index in [1.165, 1.54) is 24.3 Å². The lowest BCUT2D eigenvalue weighted by Gasteiger charge is -2.44. The van der Waals surface area contributed by atoms with Gasteiger partial charge in [-0.15, -0.1) is 0 Å². The number of alkyl halides is 3. The zero-order valence-electron chi connectivity index (χ0n) is 18.5. The minimum absolute atomic E-state index is 0.199.